The van der Waals surface area contributed by atoms with Crippen molar-refractivity contribution >= 4 is 28.5 Å². The Morgan fingerprint density at radius 3 is 2.75 bits per heavy atom. The van der Waals surface area contributed by atoms with Crippen molar-refractivity contribution < 1.29 is 0 Å². The number of hydrogen-bond donors (Lipinski definition) is 3. The first kappa shape index (κ1) is 15.0. The summed E-state index contributed by atoms with van der Waals surface area (Å²) in [7, 11) is 0. The van der Waals surface area contributed by atoms with E-state index in [2.05, 4.69) is 35.3 Å². The van der Waals surface area contributed by atoms with Gasteiger partial charge in [0.1, 0.15) is 0 Å². The fourth-order valence-electron chi connectivity index (χ4n) is 2.11. The van der Waals surface area contributed by atoms with Crippen molar-refractivity contribution in [2.75, 3.05) is 5.75 Å². The molecule has 1 aromatic heterocycles. The predicted octanol–water partition coefficient (Wildman–Crippen LogP) is 4.39. The number of fused-ring (bicyclic) bond motifs is 1. The molecule has 0 atom stereocenters. The first-order valence-electron chi connectivity index (χ1n) is 7.04. The van der Waals surface area contributed by atoms with Crippen molar-refractivity contribution in [3.63, 3.8) is 0 Å². The Morgan fingerprint density at radius 2 is 2.05 bits per heavy atom. The monoisotopic (exact) mass is 289 g/mol. The van der Waals surface area contributed by atoms with Gasteiger partial charge in [-0.05, 0) is 30.7 Å². The molecule has 20 heavy (non-hydrogen) atoms. The standard InChI is InChI=1S/C16H23N3S/c1-16(2,15(17)18)9-5-6-10-20-14-11-12-7-3-4-8-13(12)19-14/h3-4,7-8,11,19H,5-6,9-10H2,1-2H3,(H3,17,18). The Bertz CT molecular complexity index is 553. The number of para-hydroxylation sites is 1. The first-order valence-corrected chi connectivity index (χ1v) is 8.03. The van der Waals surface area contributed by atoms with Gasteiger partial charge in [0.05, 0.1) is 10.9 Å². The van der Waals surface area contributed by atoms with Crippen LogP contribution in [0, 0.1) is 10.8 Å². The van der Waals surface area contributed by atoms with Crippen molar-refractivity contribution in [3.05, 3.63) is 30.3 Å². The second-order valence-corrected chi connectivity index (χ2v) is 6.96. The van der Waals surface area contributed by atoms with Crippen LogP contribution in [-0.4, -0.2) is 16.6 Å². The molecule has 0 amide bonds. The van der Waals surface area contributed by atoms with E-state index in [9.17, 15) is 0 Å². The average molecular weight is 289 g/mol. The van der Waals surface area contributed by atoms with Gasteiger partial charge in [-0.15, -0.1) is 11.8 Å². The number of rotatable bonds is 7. The van der Waals surface area contributed by atoms with Crippen LogP contribution in [0.2, 0.25) is 0 Å². The zero-order valence-electron chi connectivity index (χ0n) is 12.2. The number of benzene rings is 1. The number of amidine groups is 1. The van der Waals surface area contributed by atoms with Crippen molar-refractivity contribution in [1.29, 1.82) is 5.41 Å². The number of unbranched alkanes of at least 4 members (excludes halogenated alkanes) is 1. The molecule has 1 aromatic carbocycles. The lowest BCUT2D eigenvalue weighted by Crippen LogP contribution is -2.30. The van der Waals surface area contributed by atoms with Crippen LogP contribution in [0.3, 0.4) is 0 Å². The number of aromatic nitrogens is 1. The fourth-order valence-corrected chi connectivity index (χ4v) is 3.07. The van der Waals surface area contributed by atoms with Gasteiger partial charge < -0.3 is 10.7 Å². The van der Waals surface area contributed by atoms with Gasteiger partial charge in [-0.25, -0.2) is 0 Å². The molecule has 4 N–H and O–H groups in total. The van der Waals surface area contributed by atoms with Gasteiger partial charge in [0.25, 0.3) is 0 Å². The molecule has 3 nitrogen and oxygen atoms in total. The summed E-state index contributed by atoms with van der Waals surface area (Å²) < 4.78 is 0. The second-order valence-electron chi connectivity index (χ2n) is 5.82. The van der Waals surface area contributed by atoms with E-state index >= 15 is 0 Å². The number of aromatic amines is 1. The zero-order chi connectivity index (χ0) is 14.6. The minimum absolute atomic E-state index is 0.161. The van der Waals surface area contributed by atoms with Crippen molar-refractivity contribution in [3.8, 4) is 0 Å². The molecular formula is C16H23N3S. The Balaban J connectivity index is 1.75. The summed E-state index contributed by atoms with van der Waals surface area (Å²) in [6.45, 7) is 4.08. The molecule has 0 aliphatic carbocycles. The number of thioether (sulfide) groups is 1. The molecule has 4 heteroatoms. The summed E-state index contributed by atoms with van der Waals surface area (Å²) in [5.41, 5.74) is 6.63. The van der Waals surface area contributed by atoms with Crippen LogP contribution in [0.1, 0.15) is 33.1 Å². The van der Waals surface area contributed by atoms with Gasteiger partial charge in [0.2, 0.25) is 0 Å². The third kappa shape index (κ3) is 3.79. The largest absolute Gasteiger partial charge is 0.387 e. The van der Waals surface area contributed by atoms with Crippen LogP contribution in [0.5, 0.6) is 0 Å². The maximum atomic E-state index is 7.54. The minimum Gasteiger partial charge on any atom is -0.387 e. The van der Waals surface area contributed by atoms with Gasteiger partial charge in [-0.3, -0.25) is 5.41 Å². The molecule has 108 valence electrons. The van der Waals surface area contributed by atoms with E-state index in [4.69, 9.17) is 11.1 Å². The summed E-state index contributed by atoms with van der Waals surface area (Å²) in [5.74, 6) is 1.39. The zero-order valence-corrected chi connectivity index (χ0v) is 13.0. The van der Waals surface area contributed by atoms with Crippen LogP contribution in [0.25, 0.3) is 10.9 Å². The number of nitrogens with one attached hydrogen (secondary N) is 2. The molecule has 2 rings (SSSR count). The van der Waals surface area contributed by atoms with Crippen LogP contribution in [0.15, 0.2) is 35.4 Å². The molecular weight excluding hydrogens is 266 g/mol. The molecule has 0 saturated heterocycles. The van der Waals surface area contributed by atoms with E-state index in [-0.39, 0.29) is 5.41 Å². The Hall–Kier alpha value is -1.42. The maximum absolute atomic E-state index is 7.54. The molecule has 0 unspecified atom stereocenters. The number of hydrogen-bond acceptors (Lipinski definition) is 2. The van der Waals surface area contributed by atoms with Crippen LogP contribution in [0.4, 0.5) is 0 Å². The first-order chi connectivity index (χ1) is 9.49. The van der Waals surface area contributed by atoms with E-state index in [1.807, 2.05) is 25.6 Å². The summed E-state index contributed by atoms with van der Waals surface area (Å²) in [6.07, 6.45) is 3.24. The summed E-state index contributed by atoms with van der Waals surface area (Å²) in [5, 5.41) is 10.0. The van der Waals surface area contributed by atoms with Crippen LogP contribution in [-0.2, 0) is 0 Å². The van der Waals surface area contributed by atoms with Gasteiger partial charge in [0, 0.05) is 16.3 Å². The molecule has 0 aliphatic heterocycles. The quantitative estimate of drug-likeness (QED) is 0.306. The minimum atomic E-state index is -0.161. The van der Waals surface area contributed by atoms with E-state index in [1.54, 1.807) is 0 Å². The van der Waals surface area contributed by atoms with E-state index in [0.29, 0.717) is 5.84 Å². The highest BCUT2D eigenvalue weighted by Crippen LogP contribution is 2.26. The lowest BCUT2D eigenvalue weighted by atomic mass is 9.86. The third-order valence-corrected chi connectivity index (χ3v) is 4.71. The van der Waals surface area contributed by atoms with Gasteiger partial charge in [0.15, 0.2) is 0 Å². The molecule has 0 aliphatic rings. The molecule has 1 heterocycles. The highest BCUT2D eigenvalue weighted by Gasteiger charge is 2.20. The highest BCUT2D eigenvalue weighted by atomic mass is 32.2. The van der Waals surface area contributed by atoms with Crippen LogP contribution < -0.4 is 5.73 Å². The number of H-pyrrole nitrogens is 1. The van der Waals surface area contributed by atoms with Crippen molar-refractivity contribution in [2.24, 2.45) is 11.1 Å². The lowest BCUT2D eigenvalue weighted by Gasteiger charge is -2.22. The summed E-state index contributed by atoms with van der Waals surface area (Å²) >= 11 is 1.86. The van der Waals surface area contributed by atoms with Gasteiger partial charge in [-0.1, -0.05) is 38.5 Å². The fraction of sp³-hybridized carbons (Fsp3) is 0.438. The Labute approximate surface area is 124 Å². The molecule has 2 aromatic rings. The smallest absolute Gasteiger partial charge is 0.0963 e. The second kappa shape index (κ2) is 6.35. The maximum Gasteiger partial charge on any atom is 0.0963 e. The summed E-state index contributed by atoms with van der Waals surface area (Å²) in [4.78, 5) is 3.43. The Kier molecular flexibility index (Phi) is 4.76. The van der Waals surface area contributed by atoms with Gasteiger partial charge in [-0.2, -0.15) is 0 Å². The molecule has 0 bridgehead atoms. The SMILES string of the molecule is CC(C)(CCCCSc1cc2ccccc2[nH]1)C(=N)N. The van der Waals surface area contributed by atoms with E-state index in [1.165, 1.54) is 15.9 Å². The predicted molar refractivity (Wildman–Crippen MR) is 88.6 cm³/mol. The average Bonchev–Trinajstić information content (AvgIpc) is 2.80. The molecule has 0 spiro atoms. The van der Waals surface area contributed by atoms with Gasteiger partial charge >= 0.3 is 0 Å². The number of nitrogens with two attached hydrogens (primary N) is 1. The van der Waals surface area contributed by atoms with Crippen molar-refractivity contribution in [1.82, 2.24) is 4.98 Å². The topological polar surface area (TPSA) is 65.7 Å². The normalized spacial score (nSPS) is 11.9. The Morgan fingerprint density at radius 1 is 1.30 bits per heavy atom. The third-order valence-electron chi connectivity index (χ3n) is 3.69. The highest BCUT2D eigenvalue weighted by molar-refractivity contribution is 7.99. The van der Waals surface area contributed by atoms with Crippen molar-refractivity contribution in [2.45, 2.75) is 38.1 Å². The van der Waals surface area contributed by atoms with E-state index in [0.717, 1.165) is 25.0 Å². The molecule has 0 radical (unpaired) electrons. The molecule has 0 fully saturated rings. The van der Waals surface area contributed by atoms with E-state index < -0.39 is 0 Å². The summed E-state index contributed by atoms with van der Waals surface area (Å²) in [6, 6.07) is 10.6. The van der Waals surface area contributed by atoms with Crippen LogP contribution >= 0.6 is 11.8 Å². The molecule has 0 saturated carbocycles. The lowest BCUT2D eigenvalue weighted by molar-refractivity contribution is 0.448.